The van der Waals surface area contributed by atoms with Crippen LogP contribution in [0, 0.1) is 0 Å². The lowest BCUT2D eigenvalue weighted by Crippen LogP contribution is -2.37. The molecular formula is C38H72NO7P. The molecule has 276 valence electrons. The first-order valence-corrected chi connectivity index (χ1v) is 20.2. The Kier molecular flexibility index (Phi) is 31.1. The highest BCUT2D eigenvalue weighted by Gasteiger charge is 2.20. The van der Waals surface area contributed by atoms with Gasteiger partial charge in [0.2, 0.25) is 0 Å². The first kappa shape index (κ1) is 45.7. The SMILES string of the molecule is CCC/C=C\CCCCCCCC(=O)OC(COCCCCCCCC/C=C\C/C=C\CCCC)COP(=O)([O-])OCC[N+](C)(C)C. The molecule has 47 heavy (non-hydrogen) atoms. The molecule has 0 saturated carbocycles. The molecule has 0 bridgehead atoms. The van der Waals surface area contributed by atoms with E-state index in [1.165, 1.54) is 51.4 Å². The summed E-state index contributed by atoms with van der Waals surface area (Å²) in [6.07, 6.45) is 34.4. The van der Waals surface area contributed by atoms with E-state index in [0.29, 0.717) is 24.1 Å². The van der Waals surface area contributed by atoms with Crippen molar-refractivity contribution in [2.24, 2.45) is 0 Å². The molecule has 2 unspecified atom stereocenters. The number of carbonyl (C=O) groups is 1. The summed E-state index contributed by atoms with van der Waals surface area (Å²) in [5, 5.41) is 0. The average Bonchev–Trinajstić information content (AvgIpc) is 3.01. The number of carbonyl (C=O) groups excluding carboxylic acids is 1. The number of rotatable bonds is 34. The maximum Gasteiger partial charge on any atom is 0.306 e. The molecule has 0 radical (unpaired) electrons. The Bertz CT molecular complexity index is 853. The Morgan fingerprint density at radius 3 is 1.83 bits per heavy atom. The third-order valence-electron chi connectivity index (χ3n) is 7.64. The van der Waals surface area contributed by atoms with Crippen molar-refractivity contribution in [3.63, 3.8) is 0 Å². The molecule has 0 fully saturated rings. The zero-order valence-corrected chi connectivity index (χ0v) is 31.9. The van der Waals surface area contributed by atoms with Crippen molar-refractivity contribution in [1.82, 2.24) is 0 Å². The van der Waals surface area contributed by atoms with Crippen molar-refractivity contribution in [3.05, 3.63) is 36.5 Å². The number of phosphoric acid groups is 1. The van der Waals surface area contributed by atoms with Gasteiger partial charge >= 0.3 is 5.97 Å². The van der Waals surface area contributed by atoms with Gasteiger partial charge in [-0.3, -0.25) is 9.36 Å². The van der Waals surface area contributed by atoms with E-state index in [2.05, 4.69) is 50.3 Å². The molecule has 2 atom stereocenters. The van der Waals surface area contributed by atoms with Crippen LogP contribution in [-0.4, -0.2) is 70.7 Å². The maximum absolute atomic E-state index is 12.5. The second-order valence-corrected chi connectivity index (χ2v) is 15.0. The molecule has 0 heterocycles. The Morgan fingerprint density at radius 2 is 1.21 bits per heavy atom. The fourth-order valence-electron chi connectivity index (χ4n) is 4.68. The van der Waals surface area contributed by atoms with Crippen LogP contribution >= 0.6 is 7.82 Å². The van der Waals surface area contributed by atoms with Gasteiger partial charge in [0.15, 0.2) is 0 Å². The van der Waals surface area contributed by atoms with Crippen molar-refractivity contribution in [3.8, 4) is 0 Å². The van der Waals surface area contributed by atoms with Gasteiger partial charge in [0, 0.05) is 13.0 Å². The molecule has 0 spiro atoms. The summed E-state index contributed by atoms with van der Waals surface area (Å²) in [6, 6.07) is 0. The van der Waals surface area contributed by atoms with Gasteiger partial charge in [0.05, 0.1) is 34.4 Å². The van der Waals surface area contributed by atoms with E-state index in [-0.39, 0.29) is 25.8 Å². The standard InChI is InChI=1S/C38H72NO7P/c1-6-8-10-12-14-16-18-19-20-21-22-24-26-28-30-33-43-35-37(36-45-47(41,42)44-34-32-39(3,4)5)46-38(40)31-29-27-25-23-17-15-13-11-9-7-2/h11-14,18-19,37H,6-10,15-17,20-36H2,1-5H3/b13-11-,14-12-,19-18-. The highest BCUT2D eigenvalue weighted by Crippen LogP contribution is 2.38. The van der Waals surface area contributed by atoms with Crippen molar-refractivity contribution < 1.29 is 37.3 Å². The van der Waals surface area contributed by atoms with Crippen molar-refractivity contribution in [2.45, 2.75) is 148 Å². The van der Waals surface area contributed by atoms with Crippen LogP contribution in [0.5, 0.6) is 0 Å². The molecule has 0 aromatic carbocycles. The zero-order chi connectivity index (χ0) is 34.9. The highest BCUT2D eigenvalue weighted by atomic mass is 31.2. The predicted octanol–water partition coefficient (Wildman–Crippen LogP) is 9.63. The van der Waals surface area contributed by atoms with E-state index in [9.17, 15) is 14.3 Å². The second kappa shape index (κ2) is 32.0. The monoisotopic (exact) mass is 686 g/mol. The summed E-state index contributed by atoms with van der Waals surface area (Å²) in [7, 11) is 1.34. The van der Waals surface area contributed by atoms with Crippen molar-refractivity contribution in [1.29, 1.82) is 0 Å². The summed E-state index contributed by atoms with van der Waals surface area (Å²) in [5.74, 6) is -0.352. The molecule has 0 amide bonds. The largest absolute Gasteiger partial charge is 0.756 e. The van der Waals surface area contributed by atoms with Crippen molar-refractivity contribution in [2.75, 3.05) is 54.1 Å². The fourth-order valence-corrected chi connectivity index (χ4v) is 5.41. The van der Waals surface area contributed by atoms with Crippen LogP contribution in [0.3, 0.4) is 0 Å². The van der Waals surface area contributed by atoms with Gasteiger partial charge in [0.1, 0.15) is 19.3 Å². The molecule has 0 aliphatic rings. The summed E-state index contributed by atoms with van der Waals surface area (Å²) >= 11 is 0. The Morgan fingerprint density at radius 1 is 0.660 bits per heavy atom. The summed E-state index contributed by atoms with van der Waals surface area (Å²) < 4.78 is 34.4. The Balaban J connectivity index is 4.32. The van der Waals surface area contributed by atoms with Crippen LogP contribution in [0.15, 0.2) is 36.5 Å². The highest BCUT2D eigenvalue weighted by molar-refractivity contribution is 7.45. The van der Waals surface area contributed by atoms with E-state index in [0.717, 1.165) is 70.6 Å². The summed E-state index contributed by atoms with van der Waals surface area (Å²) in [6.45, 7) is 5.25. The topological polar surface area (TPSA) is 94.1 Å². The Hall–Kier alpha value is -1.28. The van der Waals surface area contributed by atoms with Gasteiger partial charge in [-0.1, -0.05) is 115 Å². The van der Waals surface area contributed by atoms with Crippen LogP contribution in [0.25, 0.3) is 0 Å². The third kappa shape index (κ3) is 35.8. The molecule has 9 heteroatoms. The summed E-state index contributed by atoms with van der Waals surface area (Å²) in [5.41, 5.74) is 0. The second-order valence-electron chi connectivity index (χ2n) is 13.6. The van der Waals surface area contributed by atoms with Gasteiger partial charge in [0.25, 0.3) is 7.82 Å². The lowest BCUT2D eigenvalue weighted by atomic mass is 10.1. The minimum atomic E-state index is -4.52. The van der Waals surface area contributed by atoms with Gasteiger partial charge in [-0.2, -0.15) is 0 Å². The smallest absolute Gasteiger partial charge is 0.306 e. The van der Waals surface area contributed by atoms with E-state index < -0.39 is 13.9 Å². The molecule has 0 aromatic heterocycles. The van der Waals surface area contributed by atoms with Gasteiger partial charge in [-0.15, -0.1) is 0 Å². The van der Waals surface area contributed by atoms with Crippen LogP contribution in [0.2, 0.25) is 0 Å². The predicted molar refractivity (Wildman–Crippen MR) is 194 cm³/mol. The maximum atomic E-state index is 12.5. The number of phosphoric ester groups is 1. The van der Waals surface area contributed by atoms with Gasteiger partial charge in [-0.25, -0.2) is 0 Å². The lowest BCUT2D eigenvalue weighted by molar-refractivity contribution is -0.870. The molecule has 0 rings (SSSR count). The lowest BCUT2D eigenvalue weighted by Gasteiger charge is -2.28. The number of ether oxygens (including phenoxy) is 2. The number of likely N-dealkylation sites (N-methyl/N-ethyl adjacent to an activating group) is 1. The normalized spacial score (nSPS) is 14.4. The molecule has 0 aliphatic carbocycles. The Labute approximate surface area is 289 Å². The molecule has 0 saturated heterocycles. The first-order chi connectivity index (χ1) is 22.6. The van der Waals surface area contributed by atoms with Crippen molar-refractivity contribution >= 4 is 13.8 Å². The molecular weight excluding hydrogens is 613 g/mol. The minimum Gasteiger partial charge on any atom is -0.756 e. The number of hydrogen-bond acceptors (Lipinski definition) is 7. The van der Waals surface area contributed by atoms with Gasteiger partial charge < -0.3 is 27.9 Å². The molecule has 0 aromatic rings. The zero-order valence-electron chi connectivity index (χ0n) is 31.0. The number of unbranched alkanes of at least 4 members (excludes halogenated alkanes) is 14. The van der Waals surface area contributed by atoms with Gasteiger partial charge in [-0.05, 0) is 57.8 Å². The number of nitrogens with zero attached hydrogens (tertiary/aromatic N) is 1. The molecule has 0 N–H and O–H groups in total. The summed E-state index contributed by atoms with van der Waals surface area (Å²) in [4.78, 5) is 24.8. The quantitative estimate of drug-likeness (QED) is 0.0219. The number of hydrogen-bond donors (Lipinski definition) is 0. The van der Waals surface area contributed by atoms with E-state index >= 15 is 0 Å². The number of esters is 1. The van der Waals surface area contributed by atoms with Crippen LogP contribution < -0.4 is 4.89 Å². The van der Waals surface area contributed by atoms with Crippen LogP contribution in [0.1, 0.15) is 142 Å². The van der Waals surface area contributed by atoms with Crippen LogP contribution in [-0.2, 0) is 27.9 Å². The third-order valence-corrected chi connectivity index (χ3v) is 8.61. The first-order valence-electron chi connectivity index (χ1n) is 18.7. The van der Waals surface area contributed by atoms with E-state index in [4.69, 9.17) is 18.5 Å². The number of allylic oxidation sites excluding steroid dienone is 6. The average molecular weight is 686 g/mol. The molecule has 0 aliphatic heterocycles. The van der Waals surface area contributed by atoms with Crippen LogP contribution in [0.4, 0.5) is 0 Å². The van der Waals surface area contributed by atoms with E-state index in [1.807, 2.05) is 21.1 Å². The molecule has 8 nitrogen and oxygen atoms in total. The van der Waals surface area contributed by atoms with E-state index in [1.54, 1.807) is 0 Å². The fraction of sp³-hybridized carbons (Fsp3) is 0.816. The number of quaternary nitrogens is 1. The minimum absolute atomic E-state index is 0.0216.